The van der Waals surface area contributed by atoms with Crippen molar-refractivity contribution in [3.63, 3.8) is 0 Å². The summed E-state index contributed by atoms with van der Waals surface area (Å²) in [5.41, 5.74) is 1.77. The third-order valence-electron chi connectivity index (χ3n) is 5.81. The minimum atomic E-state index is -3.68. The lowest BCUT2D eigenvalue weighted by Gasteiger charge is -2.33. The van der Waals surface area contributed by atoms with Crippen LogP contribution in [0.5, 0.6) is 0 Å². The predicted molar refractivity (Wildman–Crippen MR) is 125 cm³/mol. The molecule has 2 aromatic carbocycles. The van der Waals surface area contributed by atoms with Gasteiger partial charge in [-0.05, 0) is 31.2 Å². The third kappa shape index (κ3) is 4.36. The fourth-order valence-corrected chi connectivity index (χ4v) is 6.21. The molecule has 0 bridgehead atoms. The average molecular weight is 486 g/mol. The summed E-state index contributed by atoms with van der Waals surface area (Å²) in [5, 5.41) is 3.96. The molecule has 1 aliphatic heterocycles. The maximum atomic E-state index is 13.2. The van der Waals surface area contributed by atoms with Crippen LogP contribution < -0.4 is 5.32 Å². The van der Waals surface area contributed by atoms with E-state index in [4.69, 9.17) is 4.42 Å². The SMILES string of the molecule is CC(NC(=O)CN1CCN(S(=O)(=O)c2cccc3nsnc23)CC1)c1cc2ccccc2o1. The van der Waals surface area contributed by atoms with E-state index in [9.17, 15) is 13.2 Å². The summed E-state index contributed by atoms with van der Waals surface area (Å²) >= 11 is 0.999. The maximum absolute atomic E-state index is 13.2. The zero-order chi connectivity index (χ0) is 23.0. The van der Waals surface area contributed by atoms with Crippen LogP contribution in [0.2, 0.25) is 0 Å². The van der Waals surface area contributed by atoms with Gasteiger partial charge in [-0.1, -0.05) is 24.3 Å². The summed E-state index contributed by atoms with van der Waals surface area (Å²) in [7, 11) is -3.68. The summed E-state index contributed by atoms with van der Waals surface area (Å²) < 4.78 is 41.9. The number of rotatable bonds is 6. The number of aromatic nitrogens is 2. The predicted octanol–water partition coefficient (Wildman–Crippen LogP) is 2.62. The standard InChI is InChI=1S/C22H23N5O4S2/c1-15(19-13-16-5-2-3-7-18(16)31-19)23-21(28)14-26-9-11-27(12-10-26)33(29,30)20-8-4-6-17-22(20)25-32-24-17/h2-8,13,15H,9-12,14H2,1H3,(H,23,28). The second-order valence-electron chi connectivity index (χ2n) is 8.04. The van der Waals surface area contributed by atoms with Gasteiger partial charge in [0.05, 0.1) is 24.3 Å². The van der Waals surface area contributed by atoms with E-state index in [-0.39, 0.29) is 23.4 Å². The van der Waals surface area contributed by atoms with Crippen molar-refractivity contribution in [3.05, 3.63) is 54.3 Å². The summed E-state index contributed by atoms with van der Waals surface area (Å²) in [6, 6.07) is 14.4. The number of nitrogens with zero attached hydrogens (tertiary/aromatic N) is 4. The van der Waals surface area contributed by atoms with E-state index >= 15 is 0 Å². The highest BCUT2D eigenvalue weighted by atomic mass is 32.2. The Labute approximate surface area is 195 Å². The van der Waals surface area contributed by atoms with E-state index in [1.54, 1.807) is 18.2 Å². The maximum Gasteiger partial charge on any atom is 0.245 e. The summed E-state index contributed by atoms with van der Waals surface area (Å²) in [6.07, 6.45) is 0. The Morgan fingerprint density at radius 2 is 1.91 bits per heavy atom. The van der Waals surface area contributed by atoms with Crippen molar-refractivity contribution in [1.82, 2.24) is 23.3 Å². The number of fused-ring (bicyclic) bond motifs is 2. The molecule has 1 saturated heterocycles. The first-order valence-electron chi connectivity index (χ1n) is 10.6. The number of para-hydroxylation sites is 1. The molecule has 0 aliphatic carbocycles. The molecule has 1 unspecified atom stereocenters. The molecule has 9 nitrogen and oxygen atoms in total. The van der Waals surface area contributed by atoms with Crippen LogP contribution >= 0.6 is 11.7 Å². The first-order valence-corrected chi connectivity index (χ1v) is 12.8. The fourth-order valence-electron chi connectivity index (χ4n) is 4.03. The number of carbonyl (C=O) groups excluding carboxylic acids is 1. The van der Waals surface area contributed by atoms with E-state index in [0.717, 1.165) is 22.7 Å². The van der Waals surface area contributed by atoms with Gasteiger partial charge in [-0.15, -0.1) is 0 Å². The Hall–Kier alpha value is -2.86. The van der Waals surface area contributed by atoms with Gasteiger partial charge >= 0.3 is 0 Å². The highest BCUT2D eigenvalue weighted by Crippen LogP contribution is 2.26. The van der Waals surface area contributed by atoms with Gasteiger partial charge in [0.2, 0.25) is 15.9 Å². The molecule has 1 N–H and O–H groups in total. The van der Waals surface area contributed by atoms with Crippen LogP contribution in [0.4, 0.5) is 0 Å². The van der Waals surface area contributed by atoms with E-state index < -0.39 is 10.0 Å². The molecule has 11 heteroatoms. The zero-order valence-electron chi connectivity index (χ0n) is 18.0. The summed E-state index contributed by atoms with van der Waals surface area (Å²) in [4.78, 5) is 14.7. The summed E-state index contributed by atoms with van der Waals surface area (Å²) in [5.74, 6) is 0.573. The Morgan fingerprint density at radius 1 is 1.12 bits per heavy atom. The Morgan fingerprint density at radius 3 is 2.70 bits per heavy atom. The van der Waals surface area contributed by atoms with Gasteiger partial charge in [0.1, 0.15) is 27.3 Å². The number of piperazine rings is 1. The van der Waals surface area contributed by atoms with Crippen molar-refractivity contribution in [3.8, 4) is 0 Å². The highest BCUT2D eigenvalue weighted by Gasteiger charge is 2.31. The zero-order valence-corrected chi connectivity index (χ0v) is 19.6. The smallest absolute Gasteiger partial charge is 0.245 e. The third-order valence-corrected chi connectivity index (χ3v) is 8.29. The van der Waals surface area contributed by atoms with Crippen LogP contribution in [-0.4, -0.2) is 65.0 Å². The fraction of sp³-hybridized carbons (Fsp3) is 0.318. The molecular formula is C22H23N5O4S2. The van der Waals surface area contributed by atoms with Crippen molar-refractivity contribution >= 4 is 49.7 Å². The van der Waals surface area contributed by atoms with Crippen molar-refractivity contribution in [1.29, 1.82) is 0 Å². The molecule has 0 radical (unpaired) electrons. The van der Waals surface area contributed by atoms with Crippen LogP contribution in [0.3, 0.4) is 0 Å². The van der Waals surface area contributed by atoms with Crippen LogP contribution in [0.15, 0.2) is 57.8 Å². The van der Waals surface area contributed by atoms with E-state index in [1.807, 2.05) is 42.2 Å². The van der Waals surface area contributed by atoms with Gasteiger partial charge in [-0.25, -0.2) is 8.42 Å². The molecule has 1 aliphatic rings. The average Bonchev–Trinajstić information content (AvgIpc) is 3.46. The topological polar surface area (TPSA) is 109 Å². The van der Waals surface area contributed by atoms with Crippen LogP contribution in [0.1, 0.15) is 18.7 Å². The van der Waals surface area contributed by atoms with Gasteiger partial charge < -0.3 is 9.73 Å². The van der Waals surface area contributed by atoms with Crippen molar-refractivity contribution in [2.45, 2.75) is 17.9 Å². The molecule has 5 rings (SSSR count). The molecule has 4 aromatic rings. The van der Waals surface area contributed by atoms with E-state index in [0.29, 0.717) is 43.0 Å². The molecule has 3 heterocycles. The number of sulfonamides is 1. The Kier molecular flexibility index (Phi) is 5.87. The molecular weight excluding hydrogens is 462 g/mol. The lowest BCUT2D eigenvalue weighted by molar-refractivity contribution is -0.123. The number of carbonyl (C=O) groups is 1. The van der Waals surface area contributed by atoms with Crippen molar-refractivity contribution in [2.75, 3.05) is 32.7 Å². The minimum Gasteiger partial charge on any atom is -0.459 e. The van der Waals surface area contributed by atoms with E-state index in [1.165, 1.54) is 4.31 Å². The summed E-state index contributed by atoms with van der Waals surface area (Å²) in [6.45, 7) is 3.64. The lowest BCUT2D eigenvalue weighted by Crippen LogP contribution is -2.51. The molecule has 0 spiro atoms. The highest BCUT2D eigenvalue weighted by molar-refractivity contribution is 7.89. The second kappa shape index (κ2) is 8.82. The number of benzene rings is 2. The van der Waals surface area contributed by atoms with E-state index in [2.05, 4.69) is 14.1 Å². The minimum absolute atomic E-state index is 0.127. The molecule has 172 valence electrons. The molecule has 1 fully saturated rings. The number of hydrogen-bond acceptors (Lipinski definition) is 8. The number of hydrogen-bond donors (Lipinski definition) is 1. The molecule has 1 atom stereocenters. The lowest BCUT2D eigenvalue weighted by atomic mass is 10.2. The van der Waals surface area contributed by atoms with Gasteiger partial charge in [-0.3, -0.25) is 9.69 Å². The monoisotopic (exact) mass is 485 g/mol. The number of nitrogens with one attached hydrogen (secondary N) is 1. The largest absolute Gasteiger partial charge is 0.459 e. The van der Waals surface area contributed by atoms with Gasteiger partial charge in [0.25, 0.3) is 0 Å². The molecule has 2 aromatic heterocycles. The number of furan rings is 1. The first kappa shape index (κ1) is 22.0. The van der Waals surface area contributed by atoms with Gasteiger partial charge in [0, 0.05) is 31.6 Å². The molecule has 1 amide bonds. The van der Waals surface area contributed by atoms with Gasteiger partial charge in [-0.2, -0.15) is 13.1 Å². The Bertz CT molecular complexity index is 1370. The second-order valence-corrected chi connectivity index (χ2v) is 10.5. The van der Waals surface area contributed by atoms with Crippen molar-refractivity contribution < 1.29 is 17.6 Å². The van der Waals surface area contributed by atoms with Gasteiger partial charge in [0.15, 0.2) is 0 Å². The van der Waals surface area contributed by atoms with Crippen LogP contribution in [-0.2, 0) is 14.8 Å². The van der Waals surface area contributed by atoms with Crippen LogP contribution in [0, 0.1) is 0 Å². The number of amides is 1. The molecule has 33 heavy (non-hydrogen) atoms. The quantitative estimate of drug-likeness (QED) is 0.447. The molecule has 0 saturated carbocycles. The van der Waals surface area contributed by atoms with Crippen LogP contribution in [0.25, 0.3) is 22.0 Å². The first-order chi connectivity index (χ1) is 15.9. The normalized spacial score (nSPS) is 16.9. The van der Waals surface area contributed by atoms with Crippen molar-refractivity contribution in [2.24, 2.45) is 0 Å². The Balaban J connectivity index is 1.18.